The summed E-state index contributed by atoms with van der Waals surface area (Å²) < 4.78 is 5.73. The Morgan fingerprint density at radius 1 is 0.800 bits per heavy atom. The maximum Gasteiger partial charge on any atom is 0.119 e. The van der Waals surface area contributed by atoms with Crippen LogP contribution >= 0.6 is 15.9 Å². The van der Waals surface area contributed by atoms with Crippen molar-refractivity contribution < 1.29 is 4.74 Å². The molecule has 4 heteroatoms. The molecule has 0 aliphatic carbocycles. The van der Waals surface area contributed by atoms with E-state index >= 15 is 0 Å². The minimum Gasteiger partial charge on any atom is -0.494 e. The van der Waals surface area contributed by atoms with E-state index in [1.54, 1.807) is 0 Å². The number of hydrogen-bond acceptors (Lipinski definition) is 3. The number of nitrogens with zero attached hydrogens (tertiary/aromatic N) is 2. The van der Waals surface area contributed by atoms with Gasteiger partial charge in [-0.05, 0) is 74.1 Å². The molecule has 0 aliphatic rings. The average Bonchev–Trinajstić information content (AvgIpc) is 2.66. The number of unbranched alkanes of at least 4 members (excludes halogenated alkanes) is 3. The highest BCUT2D eigenvalue weighted by Crippen LogP contribution is 2.22. The Labute approximate surface area is 159 Å². The molecule has 0 bridgehead atoms. The van der Waals surface area contributed by atoms with Crippen LogP contribution in [0, 0.1) is 0 Å². The first-order chi connectivity index (χ1) is 12.3. The summed E-state index contributed by atoms with van der Waals surface area (Å²) in [7, 11) is 0. The zero-order chi connectivity index (χ0) is 17.7. The second-order valence-electron chi connectivity index (χ2n) is 6.06. The van der Waals surface area contributed by atoms with E-state index in [9.17, 15) is 0 Å². The number of halogens is 1. The second-order valence-corrected chi connectivity index (χ2v) is 6.86. The number of aryl methyl sites for hydroxylation is 1. The van der Waals surface area contributed by atoms with E-state index in [1.807, 2.05) is 36.4 Å². The zero-order valence-electron chi connectivity index (χ0n) is 15.0. The van der Waals surface area contributed by atoms with Crippen molar-refractivity contribution in [1.82, 2.24) is 0 Å². The van der Waals surface area contributed by atoms with Crippen molar-refractivity contribution in [3.05, 3.63) is 54.1 Å². The molecule has 134 valence electrons. The summed E-state index contributed by atoms with van der Waals surface area (Å²) in [4.78, 5) is 0. The van der Waals surface area contributed by atoms with Gasteiger partial charge in [-0.15, -0.1) is 0 Å². The smallest absolute Gasteiger partial charge is 0.119 e. The molecule has 25 heavy (non-hydrogen) atoms. The molecule has 0 N–H and O–H groups in total. The molecule has 0 saturated heterocycles. The predicted octanol–water partition coefficient (Wildman–Crippen LogP) is 7.39. The molecule has 2 rings (SSSR count). The minimum atomic E-state index is 0.762. The van der Waals surface area contributed by atoms with Crippen LogP contribution in [0.1, 0.15) is 44.6 Å². The molecule has 0 saturated carbocycles. The molecular formula is C21H27BrN2O. The molecule has 0 aliphatic heterocycles. The van der Waals surface area contributed by atoms with E-state index < -0.39 is 0 Å². The summed E-state index contributed by atoms with van der Waals surface area (Å²) in [6.07, 6.45) is 7.05. The van der Waals surface area contributed by atoms with E-state index in [0.29, 0.717) is 0 Å². The lowest BCUT2D eigenvalue weighted by Crippen LogP contribution is -1.96. The van der Waals surface area contributed by atoms with Crippen LogP contribution in [-0.4, -0.2) is 11.9 Å². The topological polar surface area (TPSA) is 34.0 Å². The fourth-order valence-electron chi connectivity index (χ4n) is 2.40. The molecule has 0 atom stereocenters. The number of rotatable bonds is 11. The van der Waals surface area contributed by atoms with Crippen LogP contribution in [0.4, 0.5) is 11.4 Å². The van der Waals surface area contributed by atoms with Gasteiger partial charge in [0.15, 0.2) is 0 Å². The number of hydrogen-bond donors (Lipinski definition) is 0. The summed E-state index contributed by atoms with van der Waals surface area (Å²) in [5.41, 5.74) is 3.08. The lowest BCUT2D eigenvalue weighted by atomic mass is 10.1. The van der Waals surface area contributed by atoms with Crippen LogP contribution < -0.4 is 4.74 Å². The van der Waals surface area contributed by atoms with Crippen LogP contribution in [-0.2, 0) is 6.42 Å². The quantitative estimate of drug-likeness (QED) is 0.219. The fraction of sp³-hybridized carbons (Fsp3) is 0.429. The second kappa shape index (κ2) is 11.8. The van der Waals surface area contributed by atoms with E-state index in [0.717, 1.165) is 41.9 Å². The third kappa shape index (κ3) is 7.82. The van der Waals surface area contributed by atoms with Crippen LogP contribution in [0.15, 0.2) is 58.8 Å². The summed E-state index contributed by atoms with van der Waals surface area (Å²) in [5.74, 6) is 0.887. The van der Waals surface area contributed by atoms with E-state index in [4.69, 9.17) is 4.74 Å². The maximum absolute atomic E-state index is 5.73. The monoisotopic (exact) mass is 402 g/mol. The van der Waals surface area contributed by atoms with Gasteiger partial charge in [-0.2, -0.15) is 10.2 Å². The van der Waals surface area contributed by atoms with Gasteiger partial charge in [-0.1, -0.05) is 41.4 Å². The van der Waals surface area contributed by atoms with Crippen molar-refractivity contribution in [2.24, 2.45) is 10.2 Å². The van der Waals surface area contributed by atoms with Crippen LogP contribution in [0.5, 0.6) is 5.75 Å². The SMILES string of the molecule is CCCCc1ccc(N=Nc2ccc(OCCCCCBr)cc2)cc1. The van der Waals surface area contributed by atoms with E-state index in [1.165, 1.54) is 31.2 Å². The Morgan fingerprint density at radius 3 is 2.04 bits per heavy atom. The van der Waals surface area contributed by atoms with Crippen LogP contribution in [0.3, 0.4) is 0 Å². The van der Waals surface area contributed by atoms with Gasteiger partial charge >= 0.3 is 0 Å². The molecule has 2 aromatic carbocycles. The fourth-order valence-corrected chi connectivity index (χ4v) is 2.79. The molecule has 0 amide bonds. The van der Waals surface area contributed by atoms with Gasteiger partial charge in [0.05, 0.1) is 18.0 Å². The maximum atomic E-state index is 5.73. The van der Waals surface area contributed by atoms with Crippen LogP contribution in [0.25, 0.3) is 0 Å². The van der Waals surface area contributed by atoms with E-state index in [2.05, 4.69) is 45.2 Å². The highest BCUT2D eigenvalue weighted by Gasteiger charge is 1.97. The zero-order valence-corrected chi connectivity index (χ0v) is 16.5. The summed E-state index contributed by atoms with van der Waals surface area (Å²) in [6.45, 7) is 2.97. The molecule has 0 spiro atoms. The lowest BCUT2D eigenvalue weighted by molar-refractivity contribution is 0.306. The van der Waals surface area contributed by atoms with Crippen molar-refractivity contribution in [3.8, 4) is 5.75 Å². The summed E-state index contributed by atoms with van der Waals surface area (Å²) >= 11 is 3.44. The largest absolute Gasteiger partial charge is 0.494 e. The third-order valence-corrected chi connectivity index (χ3v) is 4.48. The first-order valence-electron chi connectivity index (χ1n) is 9.11. The Morgan fingerprint density at radius 2 is 1.44 bits per heavy atom. The van der Waals surface area contributed by atoms with Gasteiger partial charge < -0.3 is 4.74 Å². The van der Waals surface area contributed by atoms with Crippen molar-refractivity contribution in [1.29, 1.82) is 0 Å². The number of ether oxygens (including phenoxy) is 1. The molecule has 0 heterocycles. The molecule has 0 fully saturated rings. The number of alkyl halides is 1. The summed E-state index contributed by atoms with van der Waals surface area (Å²) in [5, 5.41) is 9.66. The average molecular weight is 403 g/mol. The molecular weight excluding hydrogens is 376 g/mol. The Hall–Kier alpha value is -1.68. The Kier molecular flexibility index (Phi) is 9.27. The highest BCUT2D eigenvalue weighted by atomic mass is 79.9. The summed E-state index contributed by atoms with van der Waals surface area (Å²) in [6, 6.07) is 16.1. The minimum absolute atomic E-state index is 0.762. The first-order valence-corrected chi connectivity index (χ1v) is 10.2. The van der Waals surface area contributed by atoms with Gasteiger partial charge in [0.2, 0.25) is 0 Å². The first kappa shape index (κ1) is 19.6. The van der Waals surface area contributed by atoms with E-state index in [-0.39, 0.29) is 0 Å². The Bertz CT molecular complexity index is 623. The van der Waals surface area contributed by atoms with Crippen molar-refractivity contribution in [3.63, 3.8) is 0 Å². The highest BCUT2D eigenvalue weighted by molar-refractivity contribution is 9.09. The van der Waals surface area contributed by atoms with Crippen molar-refractivity contribution >= 4 is 27.3 Å². The molecule has 2 aromatic rings. The normalized spacial score (nSPS) is 11.1. The standard InChI is InChI=1S/C21H27BrN2O/c1-2-3-7-18-8-10-19(11-9-18)23-24-20-12-14-21(15-13-20)25-17-6-4-5-16-22/h8-15H,2-7,16-17H2,1H3. The molecule has 0 aromatic heterocycles. The van der Waals surface area contributed by atoms with Gasteiger partial charge in [0, 0.05) is 5.33 Å². The van der Waals surface area contributed by atoms with Crippen LogP contribution in [0.2, 0.25) is 0 Å². The Balaban J connectivity index is 1.80. The van der Waals surface area contributed by atoms with Gasteiger partial charge in [0.25, 0.3) is 0 Å². The third-order valence-electron chi connectivity index (χ3n) is 3.92. The van der Waals surface area contributed by atoms with Crippen molar-refractivity contribution in [2.45, 2.75) is 45.4 Å². The number of benzene rings is 2. The van der Waals surface area contributed by atoms with Gasteiger partial charge in [0.1, 0.15) is 5.75 Å². The lowest BCUT2D eigenvalue weighted by Gasteiger charge is -2.05. The van der Waals surface area contributed by atoms with Gasteiger partial charge in [-0.3, -0.25) is 0 Å². The van der Waals surface area contributed by atoms with Gasteiger partial charge in [-0.25, -0.2) is 0 Å². The predicted molar refractivity (Wildman–Crippen MR) is 109 cm³/mol. The molecule has 0 unspecified atom stereocenters. The van der Waals surface area contributed by atoms with Crippen molar-refractivity contribution in [2.75, 3.05) is 11.9 Å². The molecule has 0 radical (unpaired) electrons. The molecule has 3 nitrogen and oxygen atoms in total. The number of azo groups is 1.